The summed E-state index contributed by atoms with van der Waals surface area (Å²) in [4.78, 5) is 30.1. The van der Waals surface area contributed by atoms with Crippen LogP contribution in [0, 0.1) is 10.1 Å². The van der Waals surface area contributed by atoms with Gasteiger partial charge in [-0.3, -0.25) is 24.2 Å². The molecule has 1 aliphatic heterocycles. The fraction of sp³-hybridized carbons (Fsp3) is 0.300. The van der Waals surface area contributed by atoms with Crippen molar-refractivity contribution in [1.29, 1.82) is 0 Å². The van der Waals surface area contributed by atoms with E-state index in [1.54, 1.807) is 18.2 Å². The molecule has 0 radical (unpaired) electrons. The quantitative estimate of drug-likeness (QED) is 0.474. The van der Waals surface area contributed by atoms with Gasteiger partial charge in [0, 0.05) is 30.9 Å². The van der Waals surface area contributed by atoms with Crippen LogP contribution in [0.5, 0.6) is 0 Å². The van der Waals surface area contributed by atoms with E-state index in [0.29, 0.717) is 43.5 Å². The van der Waals surface area contributed by atoms with Gasteiger partial charge in [-0.15, -0.1) is 0 Å². The maximum atomic E-state index is 12.7. The summed E-state index contributed by atoms with van der Waals surface area (Å²) in [6.07, 6.45) is 1.46. The molecule has 0 unspecified atom stereocenters. The summed E-state index contributed by atoms with van der Waals surface area (Å²) < 4.78 is 6.62. The van der Waals surface area contributed by atoms with Crippen LogP contribution in [0.3, 0.4) is 0 Å². The molecular formula is C20H20ClN5O4. The Hall–Kier alpha value is -3.01. The van der Waals surface area contributed by atoms with E-state index in [4.69, 9.17) is 16.3 Å². The van der Waals surface area contributed by atoms with Crippen molar-refractivity contribution in [3.63, 3.8) is 0 Å². The third kappa shape index (κ3) is 4.00. The van der Waals surface area contributed by atoms with Crippen molar-refractivity contribution in [2.75, 3.05) is 38.2 Å². The second kappa shape index (κ2) is 8.78. The largest absolute Gasteiger partial charge is 0.379 e. The first kappa shape index (κ1) is 20.3. The van der Waals surface area contributed by atoms with Crippen LogP contribution < -0.4 is 10.9 Å². The van der Waals surface area contributed by atoms with E-state index in [9.17, 15) is 14.9 Å². The molecule has 3 heterocycles. The minimum atomic E-state index is -0.728. The van der Waals surface area contributed by atoms with Crippen molar-refractivity contribution in [3.05, 3.63) is 79.7 Å². The lowest BCUT2D eigenvalue weighted by Gasteiger charge is -2.35. The van der Waals surface area contributed by atoms with Crippen LogP contribution in [0.15, 0.2) is 53.5 Å². The van der Waals surface area contributed by atoms with E-state index in [2.05, 4.69) is 15.2 Å². The number of fused-ring (bicyclic) bond motifs is 1. The maximum Gasteiger partial charge on any atom is 0.376 e. The molecule has 1 N–H and O–H groups in total. The van der Waals surface area contributed by atoms with E-state index in [0.717, 1.165) is 9.96 Å². The van der Waals surface area contributed by atoms with Gasteiger partial charge in [0.1, 0.15) is 5.65 Å². The van der Waals surface area contributed by atoms with Crippen LogP contribution in [-0.4, -0.2) is 52.1 Å². The predicted octanol–water partition coefficient (Wildman–Crippen LogP) is 2.74. The molecule has 1 aromatic carbocycles. The summed E-state index contributed by atoms with van der Waals surface area (Å²) in [6, 6.07) is 12.3. The Kier molecular flexibility index (Phi) is 5.93. The van der Waals surface area contributed by atoms with Crippen molar-refractivity contribution in [3.8, 4) is 0 Å². The number of rotatable bonds is 6. The Balaban J connectivity index is 1.71. The highest BCUT2D eigenvalue weighted by atomic mass is 35.5. The van der Waals surface area contributed by atoms with E-state index in [1.165, 1.54) is 6.20 Å². The fourth-order valence-corrected chi connectivity index (χ4v) is 3.89. The predicted molar refractivity (Wildman–Crippen MR) is 113 cm³/mol. The average Bonchev–Trinajstić information content (AvgIpc) is 2.75. The molecule has 1 saturated heterocycles. The number of benzene rings is 1. The van der Waals surface area contributed by atoms with Gasteiger partial charge in [0.25, 0.3) is 0 Å². The van der Waals surface area contributed by atoms with E-state index in [1.807, 2.05) is 24.3 Å². The Morgan fingerprint density at radius 1 is 1.20 bits per heavy atom. The van der Waals surface area contributed by atoms with Crippen LogP contribution in [-0.2, 0) is 4.74 Å². The summed E-state index contributed by atoms with van der Waals surface area (Å²) in [5, 5.41) is 15.3. The molecule has 0 amide bonds. The Morgan fingerprint density at radius 3 is 2.67 bits per heavy atom. The molecule has 0 bridgehead atoms. The first-order chi connectivity index (χ1) is 14.6. The van der Waals surface area contributed by atoms with Gasteiger partial charge in [0.05, 0.1) is 24.2 Å². The van der Waals surface area contributed by atoms with Crippen molar-refractivity contribution < 1.29 is 9.66 Å². The molecule has 0 aliphatic carbocycles. The molecule has 2 aromatic heterocycles. The highest BCUT2D eigenvalue weighted by Crippen LogP contribution is 2.29. The molecule has 1 atom stereocenters. The van der Waals surface area contributed by atoms with Gasteiger partial charge in [-0.2, -0.15) is 0 Å². The second-order valence-corrected chi connectivity index (χ2v) is 7.27. The number of halogens is 1. The molecule has 10 heteroatoms. The lowest BCUT2D eigenvalue weighted by molar-refractivity contribution is -0.385. The summed E-state index contributed by atoms with van der Waals surface area (Å²) in [5.41, 5.74) is -0.0858. The van der Waals surface area contributed by atoms with Gasteiger partial charge in [-0.1, -0.05) is 35.9 Å². The monoisotopic (exact) mass is 429 g/mol. The summed E-state index contributed by atoms with van der Waals surface area (Å²) >= 11 is 6.44. The number of morpholine rings is 1. The zero-order valence-corrected chi connectivity index (χ0v) is 16.8. The number of nitro groups is 1. The fourth-order valence-electron chi connectivity index (χ4n) is 3.63. The number of hydrogen-bond donors (Lipinski definition) is 1. The highest BCUT2D eigenvalue weighted by Gasteiger charge is 2.28. The van der Waals surface area contributed by atoms with Gasteiger partial charge in [0.2, 0.25) is 5.82 Å². The molecule has 4 rings (SSSR count). The van der Waals surface area contributed by atoms with Crippen LogP contribution >= 0.6 is 11.6 Å². The Labute approximate surface area is 177 Å². The van der Waals surface area contributed by atoms with Gasteiger partial charge < -0.3 is 10.1 Å². The summed E-state index contributed by atoms with van der Waals surface area (Å²) in [6.45, 7) is 2.88. The highest BCUT2D eigenvalue weighted by molar-refractivity contribution is 6.31. The number of nitrogens with one attached hydrogen (secondary N) is 1. The van der Waals surface area contributed by atoms with E-state index < -0.39 is 16.2 Å². The van der Waals surface area contributed by atoms with Crippen LogP contribution in [0.2, 0.25) is 5.02 Å². The number of hydrogen-bond acceptors (Lipinski definition) is 7. The molecule has 0 saturated carbocycles. The third-order valence-electron chi connectivity index (χ3n) is 5.11. The van der Waals surface area contributed by atoms with Crippen molar-refractivity contribution in [1.82, 2.24) is 14.3 Å². The standard InChI is InChI=1S/C20H20ClN5O4/c21-15-6-2-1-5-14(15)16(24-9-11-30-12-10-24)13-22-19-18(26(28)29)20(27)25-8-4-3-7-17(25)23-19/h1-8,16,22H,9-13H2/t16-/m0/s1. The number of nitrogens with zero attached hydrogens (tertiary/aromatic N) is 4. The summed E-state index contributed by atoms with van der Waals surface area (Å²) in [7, 11) is 0. The van der Waals surface area contributed by atoms with Crippen LogP contribution in [0.4, 0.5) is 11.5 Å². The van der Waals surface area contributed by atoms with Crippen molar-refractivity contribution >= 4 is 28.8 Å². The lowest BCUT2D eigenvalue weighted by Crippen LogP contribution is -2.41. The number of ether oxygens (including phenoxy) is 1. The average molecular weight is 430 g/mol. The van der Waals surface area contributed by atoms with Gasteiger partial charge in [-0.25, -0.2) is 4.98 Å². The lowest BCUT2D eigenvalue weighted by atomic mass is 10.0. The first-order valence-corrected chi connectivity index (χ1v) is 9.90. The van der Waals surface area contributed by atoms with Crippen LogP contribution in [0.25, 0.3) is 5.65 Å². The smallest absolute Gasteiger partial charge is 0.376 e. The maximum absolute atomic E-state index is 12.7. The minimum absolute atomic E-state index is 0.0542. The Bertz CT molecular complexity index is 1130. The molecule has 30 heavy (non-hydrogen) atoms. The van der Waals surface area contributed by atoms with E-state index in [-0.39, 0.29) is 11.9 Å². The molecule has 3 aromatic rings. The number of aromatic nitrogens is 2. The van der Waals surface area contributed by atoms with Crippen LogP contribution in [0.1, 0.15) is 11.6 Å². The third-order valence-corrected chi connectivity index (χ3v) is 5.45. The molecule has 0 spiro atoms. The molecule has 1 fully saturated rings. The second-order valence-electron chi connectivity index (χ2n) is 6.87. The first-order valence-electron chi connectivity index (χ1n) is 9.52. The van der Waals surface area contributed by atoms with Crippen molar-refractivity contribution in [2.45, 2.75) is 6.04 Å². The van der Waals surface area contributed by atoms with Crippen molar-refractivity contribution in [2.24, 2.45) is 0 Å². The van der Waals surface area contributed by atoms with Gasteiger partial charge in [0.15, 0.2) is 0 Å². The number of pyridine rings is 1. The molecular weight excluding hydrogens is 410 g/mol. The van der Waals surface area contributed by atoms with E-state index >= 15 is 0 Å². The molecule has 9 nitrogen and oxygen atoms in total. The topological polar surface area (TPSA) is 102 Å². The Morgan fingerprint density at radius 2 is 1.93 bits per heavy atom. The summed E-state index contributed by atoms with van der Waals surface area (Å²) in [5.74, 6) is -0.0542. The van der Waals surface area contributed by atoms with Gasteiger partial charge >= 0.3 is 11.2 Å². The SMILES string of the molecule is O=c1c([N+](=O)[O-])c(NC[C@@H](c2ccccc2Cl)N2CCOCC2)nc2ccccn12. The molecule has 1 aliphatic rings. The zero-order valence-electron chi connectivity index (χ0n) is 16.0. The zero-order chi connectivity index (χ0) is 21.1. The minimum Gasteiger partial charge on any atom is -0.379 e. The normalized spacial score (nSPS) is 15.8. The van der Waals surface area contributed by atoms with Gasteiger partial charge in [-0.05, 0) is 23.8 Å². The number of anilines is 1. The molecule has 156 valence electrons.